The summed E-state index contributed by atoms with van der Waals surface area (Å²) in [6.07, 6.45) is 11.6. The predicted molar refractivity (Wildman–Crippen MR) is 221 cm³/mol. The number of rotatable bonds is 12. The number of aliphatic hydroxyl groups is 1. The van der Waals surface area contributed by atoms with Gasteiger partial charge in [-0.25, -0.2) is 0 Å². The fourth-order valence-corrected chi connectivity index (χ4v) is 11.0. The number of fused-ring (bicyclic) bond motifs is 2. The van der Waals surface area contributed by atoms with Crippen molar-refractivity contribution in [3.8, 4) is 0 Å². The van der Waals surface area contributed by atoms with Crippen LogP contribution in [-0.4, -0.2) is 23.2 Å². The van der Waals surface area contributed by atoms with Crippen molar-refractivity contribution >= 4 is 23.5 Å². The van der Waals surface area contributed by atoms with Gasteiger partial charge in [0.15, 0.2) is 0 Å². The van der Waals surface area contributed by atoms with Crippen molar-refractivity contribution in [1.29, 1.82) is 0 Å². The first-order valence-electron chi connectivity index (χ1n) is 18.9. The van der Waals surface area contributed by atoms with Crippen LogP contribution in [0.2, 0.25) is 0 Å². The molecule has 0 bridgehead atoms. The van der Waals surface area contributed by atoms with E-state index < -0.39 is 0 Å². The number of thioether (sulfide) groups is 2. The van der Waals surface area contributed by atoms with Crippen LogP contribution in [0.3, 0.4) is 0 Å². The van der Waals surface area contributed by atoms with Crippen molar-refractivity contribution in [2.45, 2.75) is 125 Å². The zero-order chi connectivity index (χ0) is 35.7. The fraction of sp³-hybridized carbons (Fsp3) is 0.447. The smallest absolute Gasteiger partial charge is 0.0431 e. The molecular weight excluding hydrogens is 872 g/mol. The Bertz CT molecular complexity index is 1700. The normalized spacial score (nSPS) is 22.1. The second kappa shape index (κ2) is 19.9. The van der Waals surface area contributed by atoms with Gasteiger partial charge in [0.2, 0.25) is 0 Å². The summed E-state index contributed by atoms with van der Waals surface area (Å²) in [5.41, 5.74) is 11.7. The average Bonchev–Trinajstić information content (AvgIpc) is 3.11. The molecule has 4 atom stereocenters. The number of hydrogen-bond donors (Lipinski definition) is 1. The SMILES string of the molecule is C=CCC1c2ccc(C)cc2SC[C@]1(C)c1ccc(C)cc1.Cc1ccc([C@@]2(C)CSc3cc(C)ccc3[C@H]2CCCCCCCCO)cc1.[Ac]. The minimum absolute atomic E-state index is 0. The molecular formula is C47H60AcOS2. The Morgan fingerprint density at radius 2 is 1.02 bits per heavy atom. The zero-order valence-corrected chi connectivity index (χ0v) is 38.5. The van der Waals surface area contributed by atoms with E-state index in [4.69, 9.17) is 5.11 Å². The van der Waals surface area contributed by atoms with E-state index in [-0.39, 0.29) is 54.9 Å². The van der Waals surface area contributed by atoms with Crippen molar-refractivity contribution in [1.82, 2.24) is 0 Å². The molecule has 1 unspecified atom stereocenters. The Balaban J connectivity index is 0.000000230. The number of allylic oxidation sites excluding steroid dienone is 1. The minimum Gasteiger partial charge on any atom is -0.396 e. The molecule has 0 saturated heterocycles. The Morgan fingerprint density at radius 3 is 1.49 bits per heavy atom. The number of benzene rings is 4. The minimum atomic E-state index is 0. The van der Waals surface area contributed by atoms with Gasteiger partial charge in [0.05, 0.1) is 0 Å². The summed E-state index contributed by atoms with van der Waals surface area (Å²) in [7, 11) is 0. The van der Waals surface area contributed by atoms with Gasteiger partial charge in [-0.3, -0.25) is 0 Å². The third-order valence-corrected chi connectivity index (χ3v) is 14.2. The molecule has 1 radical (unpaired) electrons. The zero-order valence-electron chi connectivity index (χ0n) is 32.1. The number of hydrogen-bond acceptors (Lipinski definition) is 3. The Kier molecular flexibility index (Phi) is 16.5. The molecule has 0 aromatic heterocycles. The van der Waals surface area contributed by atoms with E-state index in [0.717, 1.165) is 24.3 Å². The third kappa shape index (κ3) is 10.5. The van der Waals surface area contributed by atoms with E-state index in [1.165, 1.54) is 87.3 Å². The van der Waals surface area contributed by atoms with Crippen molar-refractivity contribution in [3.63, 3.8) is 0 Å². The summed E-state index contributed by atoms with van der Waals surface area (Å²) in [6, 6.07) is 32.3. The first-order valence-corrected chi connectivity index (χ1v) is 20.9. The van der Waals surface area contributed by atoms with Gasteiger partial charge in [-0.15, -0.1) is 30.1 Å². The molecule has 0 fully saturated rings. The molecule has 269 valence electrons. The molecule has 0 spiro atoms. The molecule has 2 aliphatic rings. The number of aliphatic hydroxyl groups excluding tert-OH is 1. The van der Waals surface area contributed by atoms with E-state index in [0.29, 0.717) is 18.4 Å². The standard InChI is InChI=1S/C26H36OS.C21H24S.Ac/c1-20-11-14-22(15-12-20)26(3)19-28-25-18-21(2)13-16-23(25)24(26)10-8-6-4-5-7-9-17-27;1-5-6-19-18-12-9-16(3)13-20(18)22-14-21(19,4)17-10-7-15(2)8-11-17;/h11-16,18,24,27H,4-10,17,19H2,1-3H3;5,7-13,19H,1,6,14H2,2-4H3;/t24-,26-;19?,21-;/m11./s1. The topological polar surface area (TPSA) is 20.2 Å². The largest absolute Gasteiger partial charge is 0.396 e. The number of aryl methyl sites for hydroxylation is 4. The number of unbranched alkanes of at least 4 members (excludes halogenated alkanes) is 5. The summed E-state index contributed by atoms with van der Waals surface area (Å²) < 4.78 is 0. The first-order chi connectivity index (χ1) is 24.1. The van der Waals surface area contributed by atoms with Gasteiger partial charge < -0.3 is 5.11 Å². The van der Waals surface area contributed by atoms with Crippen LogP contribution in [0.25, 0.3) is 0 Å². The molecule has 0 aliphatic carbocycles. The quantitative estimate of drug-likeness (QED) is 0.113. The molecule has 0 amide bonds. The summed E-state index contributed by atoms with van der Waals surface area (Å²) >= 11 is 4.05. The molecule has 1 N–H and O–H groups in total. The summed E-state index contributed by atoms with van der Waals surface area (Å²) in [4.78, 5) is 2.95. The Labute approximate surface area is 354 Å². The van der Waals surface area contributed by atoms with Gasteiger partial charge in [-0.2, -0.15) is 0 Å². The average molecular weight is 932 g/mol. The summed E-state index contributed by atoms with van der Waals surface area (Å²) in [6.45, 7) is 18.0. The maximum Gasteiger partial charge on any atom is 0.0431 e. The summed E-state index contributed by atoms with van der Waals surface area (Å²) in [5, 5.41) is 8.93. The van der Waals surface area contributed by atoms with E-state index in [1.807, 2.05) is 23.5 Å². The van der Waals surface area contributed by atoms with Crippen LogP contribution in [0.1, 0.15) is 122 Å². The second-order valence-corrected chi connectivity index (χ2v) is 17.5. The van der Waals surface area contributed by atoms with Crippen LogP contribution in [0, 0.1) is 71.8 Å². The van der Waals surface area contributed by atoms with Crippen LogP contribution < -0.4 is 0 Å². The maximum absolute atomic E-state index is 8.93. The molecule has 0 saturated carbocycles. The molecule has 6 rings (SSSR count). The molecule has 51 heavy (non-hydrogen) atoms. The van der Waals surface area contributed by atoms with Crippen molar-refractivity contribution in [2.75, 3.05) is 18.1 Å². The second-order valence-electron chi connectivity index (χ2n) is 15.5. The molecule has 4 heteroatoms. The van der Waals surface area contributed by atoms with E-state index in [2.05, 4.69) is 139 Å². The van der Waals surface area contributed by atoms with Gasteiger partial charge in [0.25, 0.3) is 0 Å². The van der Waals surface area contributed by atoms with Crippen molar-refractivity contribution in [2.24, 2.45) is 0 Å². The Morgan fingerprint density at radius 1 is 0.608 bits per heavy atom. The van der Waals surface area contributed by atoms with Crippen LogP contribution in [0.4, 0.5) is 0 Å². The molecule has 2 heterocycles. The monoisotopic (exact) mass is 931 g/mol. The molecule has 4 aromatic rings. The van der Waals surface area contributed by atoms with Crippen LogP contribution in [0.15, 0.2) is 107 Å². The molecule has 1 nitrogen and oxygen atoms in total. The Hall–Kier alpha value is -1.28. The predicted octanol–water partition coefficient (Wildman–Crippen LogP) is 13.2. The van der Waals surface area contributed by atoms with Crippen LogP contribution in [0.5, 0.6) is 0 Å². The van der Waals surface area contributed by atoms with Gasteiger partial charge in [-0.05, 0) is 93.2 Å². The van der Waals surface area contributed by atoms with Gasteiger partial charge in [-0.1, -0.05) is 147 Å². The van der Waals surface area contributed by atoms with Crippen LogP contribution >= 0.6 is 23.5 Å². The van der Waals surface area contributed by atoms with E-state index >= 15 is 0 Å². The van der Waals surface area contributed by atoms with Gasteiger partial charge in [0.1, 0.15) is 0 Å². The fourth-order valence-electron chi connectivity index (χ4n) is 8.08. The van der Waals surface area contributed by atoms with Gasteiger partial charge in [0, 0.05) is 82.8 Å². The van der Waals surface area contributed by atoms with Crippen molar-refractivity contribution < 1.29 is 49.2 Å². The first kappa shape index (κ1) is 42.5. The summed E-state index contributed by atoms with van der Waals surface area (Å²) in [5.74, 6) is 3.38. The maximum atomic E-state index is 8.93. The van der Waals surface area contributed by atoms with E-state index in [9.17, 15) is 0 Å². The van der Waals surface area contributed by atoms with Crippen LogP contribution in [-0.2, 0) is 10.8 Å². The third-order valence-electron chi connectivity index (χ3n) is 11.4. The van der Waals surface area contributed by atoms with Crippen molar-refractivity contribution in [3.05, 3.63) is 142 Å². The van der Waals surface area contributed by atoms with Gasteiger partial charge >= 0.3 is 0 Å². The van der Waals surface area contributed by atoms with E-state index in [1.54, 1.807) is 5.56 Å². The molecule has 4 aromatic carbocycles. The molecule has 2 aliphatic heterocycles.